The summed E-state index contributed by atoms with van der Waals surface area (Å²) in [6.07, 6.45) is 3.86. The first-order valence-corrected chi connectivity index (χ1v) is 11.4. The average Bonchev–Trinajstić information content (AvgIpc) is 3.18. The molecule has 1 fully saturated rings. The molecule has 1 amide bonds. The van der Waals surface area contributed by atoms with Gasteiger partial charge in [0.15, 0.2) is 0 Å². The van der Waals surface area contributed by atoms with E-state index in [1.54, 1.807) is 11.3 Å². The second kappa shape index (κ2) is 9.58. The lowest BCUT2D eigenvalue weighted by Gasteiger charge is -2.30. The summed E-state index contributed by atoms with van der Waals surface area (Å²) in [4.78, 5) is 13.6. The first-order chi connectivity index (χ1) is 14.6. The smallest absolute Gasteiger partial charge is 0.251 e. The minimum atomic E-state index is -0.330. The molecule has 158 valence electrons. The van der Waals surface area contributed by atoms with Gasteiger partial charge in [0.25, 0.3) is 5.91 Å². The van der Waals surface area contributed by atoms with Gasteiger partial charge in [0.05, 0.1) is 6.61 Å². The van der Waals surface area contributed by atoms with Gasteiger partial charge in [0.1, 0.15) is 5.82 Å². The molecule has 0 unspecified atom stereocenters. The molecule has 30 heavy (non-hydrogen) atoms. The predicted octanol–water partition coefficient (Wildman–Crippen LogP) is 5.73. The Kier molecular flexibility index (Phi) is 6.65. The molecule has 0 aliphatic heterocycles. The van der Waals surface area contributed by atoms with Gasteiger partial charge in [-0.25, -0.2) is 4.39 Å². The number of amides is 1. The Bertz CT molecular complexity index is 994. The van der Waals surface area contributed by atoms with Crippen LogP contribution in [0.1, 0.15) is 47.8 Å². The number of carbonyl (C=O) groups excluding carboxylic acids is 1. The molecule has 2 N–H and O–H groups in total. The number of thiophene rings is 1. The number of hydrogen-bond acceptors (Lipinski definition) is 4. The van der Waals surface area contributed by atoms with Gasteiger partial charge < -0.3 is 15.4 Å². The monoisotopic (exact) mass is 426 g/mol. The highest BCUT2D eigenvalue weighted by Gasteiger charge is 2.23. The van der Waals surface area contributed by atoms with E-state index >= 15 is 0 Å². The number of nitrogens with one attached hydrogen (secondary N) is 2. The summed E-state index contributed by atoms with van der Waals surface area (Å²) in [5.41, 5.74) is 1.67. The molecule has 1 aliphatic carbocycles. The van der Waals surface area contributed by atoms with E-state index in [4.69, 9.17) is 4.74 Å². The summed E-state index contributed by atoms with van der Waals surface area (Å²) < 4.78 is 19.9. The Morgan fingerprint density at radius 2 is 1.83 bits per heavy atom. The van der Waals surface area contributed by atoms with Crippen LogP contribution in [-0.4, -0.2) is 24.6 Å². The third-order valence-corrected chi connectivity index (χ3v) is 6.66. The molecular formula is C24H27FN2O2S. The van der Waals surface area contributed by atoms with Crippen molar-refractivity contribution in [2.45, 2.75) is 51.3 Å². The quantitative estimate of drug-likeness (QED) is 0.507. The van der Waals surface area contributed by atoms with Gasteiger partial charge in [-0.1, -0.05) is 6.07 Å². The Balaban J connectivity index is 1.33. The van der Waals surface area contributed by atoms with Crippen LogP contribution in [0.25, 0.3) is 10.1 Å². The Morgan fingerprint density at radius 3 is 2.57 bits per heavy atom. The van der Waals surface area contributed by atoms with Crippen LogP contribution in [0.4, 0.5) is 10.1 Å². The third-order valence-electron chi connectivity index (χ3n) is 5.59. The van der Waals surface area contributed by atoms with Crippen molar-refractivity contribution in [3.8, 4) is 0 Å². The van der Waals surface area contributed by atoms with E-state index in [9.17, 15) is 9.18 Å². The van der Waals surface area contributed by atoms with Gasteiger partial charge in [-0.05, 0) is 75.1 Å². The van der Waals surface area contributed by atoms with Crippen LogP contribution in [-0.2, 0) is 11.3 Å². The number of ether oxygens (including phenoxy) is 1. The van der Waals surface area contributed by atoms with Crippen LogP contribution in [0, 0.1) is 5.82 Å². The highest BCUT2D eigenvalue weighted by atomic mass is 32.1. The van der Waals surface area contributed by atoms with E-state index in [0.717, 1.165) is 32.3 Å². The van der Waals surface area contributed by atoms with Crippen LogP contribution in [0.3, 0.4) is 0 Å². The predicted molar refractivity (Wildman–Crippen MR) is 121 cm³/mol. The Labute approximate surface area is 180 Å². The van der Waals surface area contributed by atoms with Crippen molar-refractivity contribution < 1.29 is 13.9 Å². The van der Waals surface area contributed by atoms with E-state index < -0.39 is 0 Å². The number of halogens is 1. The molecule has 3 aromatic rings. The summed E-state index contributed by atoms with van der Waals surface area (Å²) in [5.74, 6) is -0.458. The summed E-state index contributed by atoms with van der Waals surface area (Å²) >= 11 is 1.78. The summed E-state index contributed by atoms with van der Waals surface area (Å²) in [7, 11) is 0. The fourth-order valence-electron chi connectivity index (χ4n) is 3.99. The number of anilines is 1. The zero-order valence-corrected chi connectivity index (χ0v) is 17.9. The molecular weight excluding hydrogens is 399 g/mol. The van der Waals surface area contributed by atoms with Crippen LogP contribution in [0.15, 0.2) is 48.5 Å². The SMILES string of the molecule is CCOCc1cc2c(NC3CCC(NC(=O)c4ccc(F)cc4)CC3)cccc2s1. The molecule has 6 heteroatoms. The van der Waals surface area contributed by atoms with Gasteiger partial charge in [-0.2, -0.15) is 0 Å². The van der Waals surface area contributed by atoms with Gasteiger partial charge in [0, 0.05) is 44.9 Å². The molecule has 1 aromatic heterocycles. The van der Waals surface area contributed by atoms with Crippen LogP contribution < -0.4 is 10.6 Å². The molecule has 2 aromatic carbocycles. The average molecular weight is 427 g/mol. The second-order valence-corrected chi connectivity index (χ2v) is 8.91. The van der Waals surface area contributed by atoms with Crippen LogP contribution >= 0.6 is 11.3 Å². The van der Waals surface area contributed by atoms with Gasteiger partial charge in [0.2, 0.25) is 0 Å². The minimum absolute atomic E-state index is 0.128. The molecule has 4 rings (SSSR count). The van der Waals surface area contributed by atoms with Crippen molar-refractivity contribution in [2.75, 3.05) is 11.9 Å². The maximum absolute atomic E-state index is 13.0. The van der Waals surface area contributed by atoms with Gasteiger partial charge in [-0.3, -0.25) is 4.79 Å². The van der Waals surface area contributed by atoms with E-state index in [0.29, 0.717) is 18.2 Å². The van der Waals surface area contributed by atoms with Crippen molar-refractivity contribution in [3.63, 3.8) is 0 Å². The first kappa shape index (κ1) is 20.8. The highest BCUT2D eigenvalue weighted by Crippen LogP contribution is 2.33. The number of benzene rings is 2. The zero-order valence-electron chi connectivity index (χ0n) is 17.1. The maximum Gasteiger partial charge on any atom is 0.251 e. The first-order valence-electron chi connectivity index (χ1n) is 10.5. The normalized spacial score (nSPS) is 19.0. The third kappa shape index (κ3) is 4.99. The largest absolute Gasteiger partial charge is 0.382 e. The Hall–Kier alpha value is -2.44. The zero-order chi connectivity index (χ0) is 20.9. The number of carbonyl (C=O) groups is 1. The maximum atomic E-state index is 13.0. The van der Waals surface area contributed by atoms with Gasteiger partial charge in [-0.15, -0.1) is 11.3 Å². The number of fused-ring (bicyclic) bond motifs is 1. The van der Waals surface area contributed by atoms with E-state index in [1.807, 2.05) is 6.92 Å². The van der Waals surface area contributed by atoms with E-state index in [2.05, 4.69) is 34.9 Å². The fraction of sp³-hybridized carbons (Fsp3) is 0.375. The molecule has 1 aliphatic rings. The van der Waals surface area contributed by atoms with Crippen molar-refractivity contribution in [1.82, 2.24) is 5.32 Å². The lowest BCUT2D eigenvalue weighted by molar-refractivity contribution is 0.0926. The lowest BCUT2D eigenvalue weighted by Crippen LogP contribution is -2.40. The second-order valence-electron chi connectivity index (χ2n) is 7.74. The van der Waals surface area contributed by atoms with Crippen molar-refractivity contribution in [1.29, 1.82) is 0 Å². The number of hydrogen-bond donors (Lipinski definition) is 2. The minimum Gasteiger partial charge on any atom is -0.382 e. The lowest BCUT2D eigenvalue weighted by atomic mass is 9.90. The topological polar surface area (TPSA) is 50.4 Å². The highest BCUT2D eigenvalue weighted by molar-refractivity contribution is 7.19. The van der Waals surface area contributed by atoms with Crippen LogP contribution in [0.2, 0.25) is 0 Å². The van der Waals surface area contributed by atoms with Crippen molar-refractivity contribution in [3.05, 3.63) is 64.8 Å². The molecule has 4 nitrogen and oxygen atoms in total. The Morgan fingerprint density at radius 1 is 1.10 bits per heavy atom. The standard InChI is InChI=1S/C24H27FN2O2S/c1-2-29-15-20-14-21-22(4-3-5-23(21)30-20)26-18-10-12-19(13-11-18)27-24(28)16-6-8-17(25)9-7-16/h3-9,14,18-19,26H,2,10-13,15H2,1H3,(H,27,28). The van der Waals surface area contributed by atoms with Gasteiger partial charge >= 0.3 is 0 Å². The van der Waals surface area contributed by atoms with Crippen LogP contribution in [0.5, 0.6) is 0 Å². The van der Waals surface area contributed by atoms with E-state index in [-0.39, 0.29) is 17.8 Å². The molecule has 1 saturated carbocycles. The fourth-order valence-corrected chi connectivity index (χ4v) is 5.01. The molecule has 1 heterocycles. The summed E-state index contributed by atoms with van der Waals surface area (Å²) in [6, 6.07) is 14.9. The van der Waals surface area contributed by atoms with E-state index in [1.165, 1.54) is 44.9 Å². The molecule has 0 radical (unpaired) electrons. The summed E-state index contributed by atoms with van der Waals surface area (Å²) in [6.45, 7) is 3.40. The molecule has 0 spiro atoms. The van der Waals surface area contributed by atoms with Crippen molar-refractivity contribution >= 4 is 33.0 Å². The number of rotatable bonds is 7. The van der Waals surface area contributed by atoms with Crippen molar-refractivity contribution in [2.24, 2.45) is 0 Å². The molecule has 0 saturated heterocycles. The molecule has 0 atom stereocenters. The summed E-state index contributed by atoms with van der Waals surface area (Å²) in [5, 5.41) is 8.06. The molecule has 0 bridgehead atoms.